The summed E-state index contributed by atoms with van der Waals surface area (Å²) in [5, 5.41) is 13.7. The van der Waals surface area contributed by atoms with Crippen LogP contribution in [0, 0.1) is 18.3 Å². The van der Waals surface area contributed by atoms with Crippen LogP contribution in [0.3, 0.4) is 0 Å². The number of hydrogen-bond donors (Lipinski definition) is 0. The quantitative estimate of drug-likeness (QED) is 0.474. The van der Waals surface area contributed by atoms with E-state index in [-0.39, 0.29) is 5.91 Å². The van der Waals surface area contributed by atoms with Crippen molar-refractivity contribution in [1.29, 1.82) is 5.26 Å². The van der Waals surface area contributed by atoms with Gasteiger partial charge in [-0.1, -0.05) is 23.4 Å². The molecule has 0 radical (unpaired) electrons. The average molecular weight is 489 g/mol. The lowest BCUT2D eigenvalue weighted by Gasteiger charge is -2.41. The van der Waals surface area contributed by atoms with E-state index < -0.39 is 6.04 Å². The Kier molecular flexibility index (Phi) is 7.86. The number of aromatic nitrogens is 2. The number of piperazine rings is 1. The monoisotopic (exact) mass is 488 g/mol. The fraction of sp³-hybridized carbons (Fsp3) is 0.407. The fourth-order valence-corrected chi connectivity index (χ4v) is 4.76. The van der Waals surface area contributed by atoms with E-state index in [1.165, 1.54) is 0 Å². The van der Waals surface area contributed by atoms with E-state index in [2.05, 4.69) is 26.0 Å². The summed E-state index contributed by atoms with van der Waals surface area (Å²) in [6.45, 7) is 9.78. The number of aryl methyl sites for hydroxylation is 1. The van der Waals surface area contributed by atoms with Crippen LogP contribution < -0.4 is 9.64 Å². The summed E-state index contributed by atoms with van der Waals surface area (Å²) in [7, 11) is 1.64. The maximum Gasteiger partial charge on any atom is 0.257 e. The molecule has 1 aliphatic heterocycles. The Morgan fingerprint density at radius 1 is 1.17 bits per heavy atom. The predicted octanol–water partition coefficient (Wildman–Crippen LogP) is 3.66. The van der Waals surface area contributed by atoms with Crippen molar-refractivity contribution in [3.63, 3.8) is 0 Å². The number of nitriles is 1. The molecule has 1 atom stereocenters. The summed E-state index contributed by atoms with van der Waals surface area (Å²) in [5.41, 5.74) is 3.01. The van der Waals surface area contributed by atoms with Gasteiger partial charge in [0.1, 0.15) is 17.9 Å². The molecule has 2 heterocycles. The second-order valence-electron chi connectivity index (χ2n) is 8.67. The number of benzene rings is 2. The first-order valence-corrected chi connectivity index (χ1v) is 12.3. The van der Waals surface area contributed by atoms with Crippen LogP contribution in [0.25, 0.3) is 11.5 Å². The smallest absolute Gasteiger partial charge is 0.257 e. The van der Waals surface area contributed by atoms with E-state index in [1.807, 2.05) is 55.1 Å². The van der Waals surface area contributed by atoms with Crippen molar-refractivity contribution in [1.82, 2.24) is 19.9 Å². The van der Waals surface area contributed by atoms with Crippen LogP contribution >= 0.6 is 0 Å². The van der Waals surface area contributed by atoms with Crippen molar-refractivity contribution in [3.05, 3.63) is 59.4 Å². The first-order chi connectivity index (χ1) is 17.5. The van der Waals surface area contributed by atoms with E-state index in [9.17, 15) is 10.1 Å². The van der Waals surface area contributed by atoms with Crippen molar-refractivity contribution in [3.8, 4) is 23.3 Å². The molecule has 9 heteroatoms. The van der Waals surface area contributed by atoms with E-state index in [0.29, 0.717) is 62.3 Å². The van der Waals surface area contributed by atoms with Crippen molar-refractivity contribution >= 4 is 11.6 Å². The Bertz CT molecular complexity index is 1240. The molecule has 9 nitrogen and oxygen atoms in total. The number of anilines is 1. The van der Waals surface area contributed by atoms with E-state index in [0.717, 1.165) is 16.8 Å². The zero-order valence-corrected chi connectivity index (χ0v) is 21.3. The highest BCUT2D eigenvalue weighted by atomic mass is 16.5. The Labute approximate surface area is 211 Å². The van der Waals surface area contributed by atoms with Crippen molar-refractivity contribution < 1.29 is 14.1 Å². The van der Waals surface area contributed by atoms with Crippen molar-refractivity contribution in [2.45, 2.75) is 26.8 Å². The van der Waals surface area contributed by atoms with Crippen LogP contribution in [-0.4, -0.2) is 72.2 Å². The molecule has 0 saturated carbocycles. The maximum atomic E-state index is 13.7. The number of rotatable bonds is 8. The van der Waals surface area contributed by atoms with Gasteiger partial charge in [0.05, 0.1) is 18.4 Å². The van der Waals surface area contributed by atoms with E-state index in [1.54, 1.807) is 20.1 Å². The summed E-state index contributed by atoms with van der Waals surface area (Å²) < 4.78 is 10.9. The maximum absolute atomic E-state index is 13.7. The van der Waals surface area contributed by atoms with Gasteiger partial charge in [-0.25, -0.2) is 0 Å². The van der Waals surface area contributed by atoms with Crippen LogP contribution in [0.15, 0.2) is 47.0 Å². The van der Waals surface area contributed by atoms with Gasteiger partial charge in [-0.15, -0.1) is 0 Å². The van der Waals surface area contributed by atoms with Gasteiger partial charge in [-0.3, -0.25) is 9.69 Å². The molecule has 0 bridgehead atoms. The molecular weight excluding hydrogens is 456 g/mol. The van der Waals surface area contributed by atoms with E-state index in [4.69, 9.17) is 9.26 Å². The van der Waals surface area contributed by atoms with Gasteiger partial charge in [0.25, 0.3) is 5.89 Å². The Hall–Kier alpha value is -3.90. The number of nitrogens with zero attached hydrogens (tertiary/aromatic N) is 6. The molecule has 1 aromatic heterocycles. The topological polar surface area (TPSA) is 98.7 Å². The number of ether oxygens (including phenoxy) is 1. The number of amides is 1. The molecule has 1 amide bonds. The number of hydrogen-bond acceptors (Lipinski definition) is 8. The Balaban J connectivity index is 1.57. The molecule has 3 aromatic rings. The number of likely N-dealkylation sites (N-methyl/N-ethyl adjacent to an activating group) is 1. The largest absolute Gasteiger partial charge is 0.496 e. The summed E-state index contributed by atoms with van der Waals surface area (Å²) in [4.78, 5) is 24.2. The number of para-hydroxylation sites is 1. The van der Waals surface area contributed by atoms with Gasteiger partial charge in [0.2, 0.25) is 5.91 Å². The normalized spacial score (nSPS) is 14.8. The van der Waals surface area contributed by atoms with Gasteiger partial charge >= 0.3 is 0 Å². The third-order valence-electron chi connectivity index (χ3n) is 6.65. The van der Waals surface area contributed by atoms with Crippen LogP contribution in [0.4, 0.5) is 5.69 Å². The minimum absolute atomic E-state index is 0.0786. The number of methoxy groups -OCH3 is 1. The van der Waals surface area contributed by atoms with Gasteiger partial charge < -0.3 is 19.1 Å². The van der Waals surface area contributed by atoms with Gasteiger partial charge in [0, 0.05) is 50.4 Å². The second-order valence-corrected chi connectivity index (χ2v) is 8.67. The average Bonchev–Trinajstić information content (AvgIpc) is 3.36. The molecule has 2 aromatic carbocycles. The van der Waals surface area contributed by atoms with Crippen molar-refractivity contribution in [2.24, 2.45) is 0 Å². The molecule has 188 valence electrons. The van der Waals surface area contributed by atoms with Gasteiger partial charge in [-0.05, 0) is 45.0 Å². The standard InChI is InChI=1S/C27H32N6O3/c1-5-31(6-2)27(34)25(22-9-7-8-10-24(22)35-4)33-15-13-32(14-16-33)23-12-11-20(17-21(23)18-28)26-29-19(3)30-36-26/h7-12,17,25H,5-6,13-16H2,1-4H3. The fourth-order valence-electron chi connectivity index (χ4n) is 4.76. The SMILES string of the molecule is CCN(CC)C(=O)C(c1ccccc1OC)N1CCN(c2ccc(-c3nc(C)no3)cc2C#N)CC1. The highest BCUT2D eigenvalue weighted by Crippen LogP contribution is 2.33. The molecule has 1 fully saturated rings. The Morgan fingerprint density at radius 2 is 1.89 bits per heavy atom. The van der Waals surface area contributed by atoms with Crippen LogP contribution in [0.2, 0.25) is 0 Å². The van der Waals surface area contributed by atoms with Crippen molar-refractivity contribution in [2.75, 3.05) is 51.3 Å². The molecular formula is C27H32N6O3. The van der Waals surface area contributed by atoms with Gasteiger partial charge in [-0.2, -0.15) is 10.2 Å². The molecule has 1 saturated heterocycles. The first kappa shape index (κ1) is 25.2. The lowest BCUT2D eigenvalue weighted by molar-refractivity contribution is -0.137. The molecule has 0 aliphatic carbocycles. The molecule has 0 N–H and O–H groups in total. The molecule has 0 spiro atoms. The lowest BCUT2D eigenvalue weighted by Crippen LogP contribution is -2.52. The zero-order valence-electron chi connectivity index (χ0n) is 21.3. The third kappa shape index (κ3) is 5.04. The second kappa shape index (κ2) is 11.2. The van der Waals surface area contributed by atoms with Gasteiger partial charge in [0.15, 0.2) is 5.82 Å². The summed E-state index contributed by atoms with van der Waals surface area (Å²) in [5.74, 6) is 1.74. The van der Waals surface area contributed by atoms with Crippen LogP contribution in [-0.2, 0) is 4.79 Å². The molecule has 36 heavy (non-hydrogen) atoms. The highest BCUT2D eigenvalue weighted by Gasteiger charge is 2.34. The zero-order chi connectivity index (χ0) is 25.7. The Morgan fingerprint density at radius 3 is 2.50 bits per heavy atom. The minimum atomic E-state index is -0.429. The third-order valence-corrected chi connectivity index (χ3v) is 6.65. The summed E-state index contributed by atoms with van der Waals surface area (Å²) >= 11 is 0. The molecule has 1 aliphatic rings. The molecule has 4 rings (SSSR count). The highest BCUT2D eigenvalue weighted by molar-refractivity contribution is 5.84. The molecule has 1 unspecified atom stereocenters. The lowest BCUT2D eigenvalue weighted by atomic mass is 10.0. The number of carbonyl (C=O) groups excluding carboxylic acids is 1. The van der Waals surface area contributed by atoms with Crippen LogP contribution in [0.1, 0.15) is 36.8 Å². The summed E-state index contributed by atoms with van der Waals surface area (Å²) in [6.07, 6.45) is 0. The minimum Gasteiger partial charge on any atom is -0.496 e. The summed E-state index contributed by atoms with van der Waals surface area (Å²) in [6, 6.07) is 15.2. The first-order valence-electron chi connectivity index (χ1n) is 12.3. The number of carbonyl (C=O) groups is 1. The van der Waals surface area contributed by atoms with E-state index >= 15 is 0 Å². The predicted molar refractivity (Wildman–Crippen MR) is 137 cm³/mol. The van der Waals surface area contributed by atoms with Crippen LogP contribution in [0.5, 0.6) is 5.75 Å².